The van der Waals surface area contributed by atoms with E-state index in [2.05, 4.69) is 20.0 Å². The van der Waals surface area contributed by atoms with Crippen molar-refractivity contribution < 1.29 is 18.3 Å². The molecule has 0 amide bonds. The fourth-order valence-corrected chi connectivity index (χ4v) is 6.89. The molecule has 13 heteroatoms. The van der Waals surface area contributed by atoms with Crippen molar-refractivity contribution in [2.45, 2.75) is 24.2 Å². The van der Waals surface area contributed by atoms with Crippen LogP contribution in [0.1, 0.15) is 12.0 Å². The second kappa shape index (κ2) is 19.3. The molecule has 158 valence electrons. The Kier molecular flexibility index (Phi) is 17.2. The summed E-state index contributed by atoms with van der Waals surface area (Å²) in [5.41, 5.74) is 14.5. The smallest absolute Gasteiger partial charge is 0.187 e. The highest BCUT2D eigenvalue weighted by molar-refractivity contribution is 8.00. The van der Waals surface area contributed by atoms with Gasteiger partial charge in [0.15, 0.2) is 14.9 Å². The van der Waals surface area contributed by atoms with E-state index in [0.717, 1.165) is 29.1 Å². The van der Waals surface area contributed by atoms with E-state index < -0.39 is 9.76 Å². The maximum absolute atomic E-state index is 8.11. The zero-order valence-corrected chi connectivity index (χ0v) is 19.8. The number of azide groups is 1. The zero-order valence-electron chi connectivity index (χ0n) is 16.2. The molecular weight excluding hydrogens is 416 g/mol. The summed E-state index contributed by atoms with van der Waals surface area (Å²) in [5, 5.41) is 5.15. The summed E-state index contributed by atoms with van der Waals surface area (Å²) in [6.07, 6.45) is 4.68. The van der Waals surface area contributed by atoms with Crippen LogP contribution in [-0.4, -0.2) is 81.0 Å². The first-order chi connectivity index (χ1) is 13.9. The Bertz CT molecular complexity index is 540. The van der Waals surface area contributed by atoms with Gasteiger partial charge in [0.25, 0.3) is 0 Å². The maximum atomic E-state index is 8.11. The molecule has 0 radical (unpaired) electrons. The molecule has 28 heavy (non-hydrogen) atoms. The van der Waals surface area contributed by atoms with E-state index in [0.29, 0.717) is 46.2 Å². The van der Waals surface area contributed by atoms with E-state index in [1.165, 1.54) is 6.04 Å². The van der Waals surface area contributed by atoms with Gasteiger partial charge in [0.1, 0.15) is 9.76 Å². The minimum atomic E-state index is -0.464. The molecule has 1 rings (SSSR count). The van der Waals surface area contributed by atoms with Crippen molar-refractivity contribution >= 4 is 31.3 Å². The largest absolute Gasteiger partial charge is 0.464 e. The number of ether oxygens (including phenoxy) is 3. The van der Waals surface area contributed by atoms with Crippen molar-refractivity contribution in [2.24, 2.45) is 10.8 Å². The SMILES string of the molecule is [N-]=[N+]=NCCOCCOCCOCc1cnc(SC[SiH2]O[SiH2]CCCN)nc1. The second-order valence-corrected chi connectivity index (χ2v) is 11.0. The van der Waals surface area contributed by atoms with Gasteiger partial charge in [0.05, 0.1) is 39.6 Å². The summed E-state index contributed by atoms with van der Waals surface area (Å²) in [6, 6.07) is 1.18. The lowest BCUT2D eigenvalue weighted by Gasteiger charge is -2.06. The van der Waals surface area contributed by atoms with Crippen molar-refractivity contribution in [3.63, 3.8) is 0 Å². The van der Waals surface area contributed by atoms with E-state index >= 15 is 0 Å². The van der Waals surface area contributed by atoms with Crippen LogP contribution in [0.15, 0.2) is 22.7 Å². The average molecular weight is 447 g/mol. The van der Waals surface area contributed by atoms with Gasteiger partial charge in [-0.25, -0.2) is 9.97 Å². The van der Waals surface area contributed by atoms with Crippen molar-refractivity contribution in [3.8, 4) is 0 Å². The summed E-state index contributed by atoms with van der Waals surface area (Å²) in [4.78, 5) is 11.3. The van der Waals surface area contributed by atoms with Crippen LogP contribution in [-0.2, 0) is 24.9 Å². The van der Waals surface area contributed by atoms with Crippen LogP contribution in [0.5, 0.6) is 0 Å². The highest BCUT2D eigenvalue weighted by atomic mass is 32.2. The number of aromatic nitrogens is 2. The fourth-order valence-electron chi connectivity index (χ4n) is 1.91. The number of rotatable bonds is 19. The zero-order chi connectivity index (χ0) is 20.1. The molecule has 0 fully saturated rings. The van der Waals surface area contributed by atoms with Gasteiger partial charge in [0.2, 0.25) is 0 Å². The third-order valence-electron chi connectivity index (χ3n) is 3.29. The molecule has 0 aliphatic heterocycles. The van der Waals surface area contributed by atoms with Crippen molar-refractivity contribution in [1.29, 1.82) is 0 Å². The molecule has 0 unspecified atom stereocenters. The average Bonchev–Trinajstić information content (AvgIpc) is 2.72. The molecule has 0 bridgehead atoms. The van der Waals surface area contributed by atoms with Crippen LogP contribution in [0, 0.1) is 0 Å². The van der Waals surface area contributed by atoms with Gasteiger partial charge in [-0.15, -0.1) is 0 Å². The predicted molar refractivity (Wildman–Crippen MR) is 115 cm³/mol. The van der Waals surface area contributed by atoms with Gasteiger partial charge in [-0.05, 0) is 24.5 Å². The fraction of sp³-hybridized carbons (Fsp3) is 0.733. The summed E-state index contributed by atoms with van der Waals surface area (Å²) < 4.78 is 21.9. The van der Waals surface area contributed by atoms with Crippen LogP contribution in [0.4, 0.5) is 0 Å². The van der Waals surface area contributed by atoms with Crippen LogP contribution in [0.2, 0.25) is 6.04 Å². The Hall–Kier alpha value is -1.03. The van der Waals surface area contributed by atoms with Gasteiger partial charge >= 0.3 is 0 Å². The van der Waals surface area contributed by atoms with Crippen molar-refractivity contribution in [3.05, 3.63) is 28.4 Å². The lowest BCUT2D eigenvalue weighted by atomic mass is 10.4. The minimum Gasteiger partial charge on any atom is -0.464 e. The molecule has 0 saturated carbocycles. The predicted octanol–water partition coefficient (Wildman–Crippen LogP) is 0.338. The Balaban J connectivity index is 1.95. The lowest BCUT2D eigenvalue weighted by molar-refractivity contribution is 0.0118. The number of hydrogen-bond acceptors (Lipinski definition) is 9. The Morgan fingerprint density at radius 3 is 2.50 bits per heavy atom. The van der Waals surface area contributed by atoms with Gasteiger partial charge in [-0.2, -0.15) is 0 Å². The number of nitrogens with zero attached hydrogens (tertiary/aromatic N) is 5. The number of hydrogen-bond donors (Lipinski definition) is 1. The summed E-state index contributed by atoms with van der Waals surface area (Å²) in [7, 11) is -0.816. The first kappa shape index (κ1) is 25.0. The summed E-state index contributed by atoms with van der Waals surface area (Å²) >= 11 is 1.65. The van der Waals surface area contributed by atoms with E-state index in [1.807, 2.05) is 0 Å². The monoisotopic (exact) mass is 446 g/mol. The van der Waals surface area contributed by atoms with Crippen LogP contribution in [0.25, 0.3) is 10.4 Å². The van der Waals surface area contributed by atoms with Crippen molar-refractivity contribution in [2.75, 3.05) is 51.5 Å². The standard InChI is InChI=1S/C15H30N6O4SSi2/c16-2-1-9-27-25-28-13-26-15-18-10-14(11-19-15)12-24-8-7-23-6-5-22-4-3-20-21-17/h10-11H,1-9,12-13,16,27-28H2. The number of thioether (sulfide) groups is 1. The Morgan fingerprint density at radius 2 is 1.79 bits per heavy atom. The quantitative estimate of drug-likeness (QED) is 0.0610. The molecule has 0 saturated heterocycles. The van der Waals surface area contributed by atoms with E-state index in [1.54, 1.807) is 24.2 Å². The van der Waals surface area contributed by atoms with E-state index in [4.69, 9.17) is 29.6 Å². The van der Waals surface area contributed by atoms with Crippen molar-refractivity contribution in [1.82, 2.24) is 9.97 Å². The van der Waals surface area contributed by atoms with Gasteiger partial charge in [0, 0.05) is 34.8 Å². The Morgan fingerprint density at radius 1 is 1.07 bits per heavy atom. The third kappa shape index (κ3) is 15.0. The first-order valence-corrected chi connectivity index (χ1v) is 13.5. The number of nitrogens with two attached hydrogens (primary N) is 1. The normalized spacial score (nSPS) is 11.6. The molecule has 1 heterocycles. The molecule has 0 spiro atoms. The van der Waals surface area contributed by atoms with E-state index in [-0.39, 0.29) is 9.76 Å². The summed E-state index contributed by atoms with van der Waals surface area (Å²) in [6.45, 7) is 3.91. The molecule has 1 aromatic rings. The van der Waals surface area contributed by atoms with Gasteiger partial charge in [-0.1, -0.05) is 16.9 Å². The second-order valence-electron chi connectivity index (χ2n) is 5.56. The summed E-state index contributed by atoms with van der Waals surface area (Å²) in [5.74, 6) is 0. The highest BCUT2D eigenvalue weighted by Gasteiger charge is 2.00. The van der Waals surface area contributed by atoms with E-state index in [9.17, 15) is 0 Å². The first-order valence-electron chi connectivity index (χ1n) is 9.32. The maximum Gasteiger partial charge on any atom is 0.187 e. The molecule has 0 aliphatic rings. The molecule has 2 N–H and O–H groups in total. The molecule has 0 aromatic carbocycles. The molecule has 0 atom stereocenters. The van der Waals surface area contributed by atoms with Gasteiger partial charge < -0.3 is 24.1 Å². The minimum absolute atomic E-state index is 0.339. The molecular formula is C15H30N6O4SSi2. The van der Waals surface area contributed by atoms with Gasteiger partial charge in [-0.3, -0.25) is 0 Å². The molecule has 1 aromatic heterocycles. The Labute approximate surface area is 174 Å². The molecule has 0 aliphatic carbocycles. The highest BCUT2D eigenvalue weighted by Crippen LogP contribution is 2.11. The van der Waals surface area contributed by atoms with Crippen LogP contribution in [0.3, 0.4) is 0 Å². The molecule has 10 nitrogen and oxygen atoms in total. The van der Waals surface area contributed by atoms with Crippen LogP contribution < -0.4 is 5.73 Å². The van der Waals surface area contributed by atoms with Crippen LogP contribution >= 0.6 is 11.8 Å². The topological polar surface area (TPSA) is 137 Å². The lowest BCUT2D eigenvalue weighted by Crippen LogP contribution is -2.10. The third-order valence-corrected chi connectivity index (χ3v) is 8.35.